The molecule has 94 valence electrons. The van der Waals surface area contributed by atoms with Crippen molar-refractivity contribution in [2.75, 3.05) is 6.54 Å². The van der Waals surface area contributed by atoms with Crippen LogP contribution in [0.25, 0.3) is 0 Å². The average Bonchev–Trinajstić information content (AvgIpc) is 2.92. The zero-order valence-electron chi connectivity index (χ0n) is 10.1. The number of nitrogens with zero attached hydrogens (tertiary/aromatic N) is 3. The molecule has 2 aliphatic rings. The summed E-state index contributed by atoms with van der Waals surface area (Å²) in [6, 6.07) is 3.59. The van der Waals surface area contributed by atoms with E-state index < -0.39 is 0 Å². The number of fused-ring (bicyclic) bond motifs is 1. The molecule has 2 atom stereocenters. The van der Waals surface area contributed by atoms with Crippen molar-refractivity contribution in [2.24, 2.45) is 17.8 Å². The van der Waals surface area contributed by atoms with Gasteiger partial charge in [0.2, 0.25) is 0 Å². The minimum absolute atomic E-state index is 0.0146. The summed E-state index contributed by atoms with van der Waals surface area (Å²) in [6.45, 7) is 0.570. The van der Waals surface area contributed by atoms with Gasteiger partial charge >= 0.3 is 0 Å². The van der Waals surface area contributed by atoms with Gasteiger partial charge in [-0.15, -0.1) is 0 Å². The Morgan fingerprint density at radius 1 is 1.61 bits per heavy atom. The molecule has 6 nitrogen and oxygen atoms in total. The third-order valence-corrected chi connectivity index (χ3v) is 3.30. The van der Waals surface area contributed by atoms with Crippen molar-refractivity contribution in [3.05, 3.63) is 36.2 Å². The molecule has 0 saturated heterocycles. The van der Waals surface area contributed by atoms with E-state index in [1.54, 1.807) is 4.90 Å². The van der Waals surface area contributed by atoms with Crippen LogP contribution in [0.4, 0.5) is 0 Å². The molecular weight excluding hydrogens is 230 g/mol. The van der Waals surface area contributed by atoms with Crippen molar-refractivity contribution in [1.29, 1.82) is 0 Å². The molecule has 0 fully saturated rings. The summed E-state index contributed by atoms with van der Waals surface area (Å²) in [5.74, 6) is 0.375. The number of carbonyl (C=O) groups is 1. The number of hydrogen-bond donors (Lipinski definition) is 2. The first-order chi connectivity index (χ1) is 8.66. The fourth-order valence-corrected chi connectivity index (χ4v) is 2.38. The van der Waals surface area contributed by atoms with Crippen LogP contribution in [0.2, 0.25) is 0 Å². The van der Waals surface area contributed by atoms with Gasteiger partial charge in [0.15, 0.2) is 5.96 Å². The first-order valence-electron chi connectivity index (χ1n) is 5.85. The number of nitrogens with two attached hydrogens (primary N) is 1. The second-order valence-corrected chi connectivity index (χ2v) is 4.48. The lowest BCUT2D eigenvalue weighted by molar-refractivity contribution is 0.0664. The van der Waals surface area contributed by atoms with Crippen molar-refractivity contribution in [1.82, 2.24) is 14.8 Å². The number of aliphatic imine (C=N–C) groups is 1. The van der Waals surface area contributed by atoms with Crippen LogP contribution in [-0.4, -0.2) is 40.1 Å². The first kappa shape index (κ1) is 10.9. The fourth-order valence-electron chi connectivity index (χ4n) is 2.38. The highest BCUT2D eigenvalue weighted by molar-refractivity contribution is 5.94. The maximum Gasteiger partial charge on any atom is 0.272 e. The predicted octanol–water partition coefficient (Wildman–Crippen LogP) is -0.350. The van der Waals surface area contributed by atoms with Crippen LogP contribution < -0.4 is 11.1 Å². The van der Waals surface area contributed by atoms with Gasteiger partial charge in [0, 0.05) is 19.8 Å². The minimum atomic E-state index is -0.169. The lowest BCUT2D eigenvalue weighted by Crippen LogP contribution is -2.54. The van der Waals surface area contributed by atoms with E-state index >= 15 is 0 Å². The monoisotopic (exact) mass is 245 g/mol. The molecule has 0 radical (unpaired) electrons. The number of hydrogen-bond acceptors (Lipinski definition) is 4. The van der Waals surface area contributed by atoms with E-state index in [9.17, 15) is 4.79 Å². The minimum Gasteiger partial charge on any atom is -0.370 e. The Hall–Kier alpha value is -2.24. The predicted molar refractivity (Wildman–Crippen MR) is 67.9 cm³/mol. The molecule has 1 aromatic heterocycles. The lowest BCUT2D eigenvalue weighted by Gasteiger charge is -2.33. The van der Waals surface area contributed by atoms with Gasteiger partial charge in [0.1, 0.15) is 17.9 Å². The molecule has 18 heavy (non-hydrogen) atoms. The largest absolute Gasteiger partial charge is 0.370 e. The van der Waals surface area contributed by atoms with Crippen LogP contribution in [0.1, 0.15) is 10.5 Å². The summed E-state index contributed by atoms with van der Waals surface area (Å²) in [5, 5.41) is 3.04. The highest BCUT2D eigenvalue weighted by atomic mass is 16.2. The summed E-state index contributed by atoms with van der Waals surface area (Å²) < 4.78 is 1.81. The van der Waals surface area contributed by atoms with Gasteiger partial charge in [0.05, 0.1) is 0 Å². The zero-order valence-corrected chi connectivity index (χ0v) is 10.1. The number of amides is 1. The molecular formula is C12H15N5O. The SMILES string of the molecule is Cn1cccc1C(=O)N1CC=CC2N=C(N)NC21. The van der Waals surface area contributed by atoms with Crippen molar-refractivity contribution < 1.29 is 4.79 Å². The topological polar surface area (TPSA) is 75.7 Å². The second-order valence-electron chi connectivity index (χ2n) is 4.48. The first-order valence-corrected chi connectivity index (χ1v) is 5.85. The summed E-state index contributed by atoms with van der Waals surface area (Å²) in [4.78, 5) is 18.5. The number of rotatable bonds is 1. The molecule has 0 bridgehead atoms. The summed E-state index contributed by atoms with van der Waals surface area (Å²) in [6.07, 6.45) is 5.62. The van der Waals surface area contributed by atoms with E-state index in [0.717, 1.165) is 0 Å². The van der Waals surface area contributed by atoms with E-state index in [4.69, 9.17) is 5.73 Å². The Labute approximate surface area is 105 Å². The molecule has 6 heteroatoms. The average molecular weight is 245 g/mol. The highest BCUT2D eigenvalue weighted by Gasteiger charge is 2.36. The number of carbonyl (C=O) groups excluding carboxylic acids is 1. The Kier molecular flexibility index (Phi) is 2.36. The molecule has 0 aliphatic carbocycles. The van der Waals surface area contributed by atoms with E-state index in [1.807, 2.05) is 42.1 Å². The normalized spacial score (nSPS) is 25.6. The summed E-state index contributed by atoms with van der Waals surface area (Å²) >= 11 is 0. The van der Waals surface area contributed by atoms with Crippen LogP contribution in [0.3, 0.4) is 0 Å². The molecule has 0 aromatic carbocycles. The smallest absolute Gasteiger partial charge is 0.272 e. The second kappa shape index (κ2) is 3.90. The Bertz CT molecular complexity index is 544. The molecule has 3 N–H and O–H groups in total. The van der Waals surface area contributed by atoms with E-state index in [-0.39, 0.29) is 18.1 Å². The number of aromatic nitrogens is 1. The number of guanidine groups is 1. The van der Waals surface area contributed by atoms with Gasteiger partial charge in [-0.2, -0.15) is 0 Å². The third-order valence-electron chi connectivity index (χ3n) is 3.30. The van der Waals surface area contributed by atoms with E-state index in [0.29, 0.717) is 18.2 Å². The van der Waals surface area contributed by atoms with Crippen LogP contribution >= 0.6 is 0 Å². The summed E-state index contributed by atoms with van der Waals surface area (Å²) in [5.41, 5.74) is 6.33. The highest BCUT2D eigenvalue weighted by Crippen LogP contribution is 2.19. The molecule has 1 aromatic rings. The molecule has 0 saturated carbocycles. The van der Waals surface area contributed by atoms with E-state index in [2.05, 4.69) is 10.3 Å². The van der Waals surface area contributed by atoms with Gasteiger partial charge in [-0.1, -0.05) is 12.2 Å². The third kappa shape index (κ3) is 1.57. The Morgan fingerprint density at radius 3 is 3.17 bits per heavy atom. The van der Waals surface area contributed by atoms with Gasteiger partial charge in [0.25, 0.3) is 5.91 Å². The van der Waals surface area contributed by atoms with Crippen molar-refractivity contribution in [3.63, 3.8) is 0 Å². The molecule has 3 heterocycles. The van der Waals surface area contributed by atoms with Crippen molar-refractivity contribution in [2.45, 2.75) is 12.2 Å². The molecule has 2 unspecified atom stereocenters. The summed E-state index contributed by atoms with van der Waals surface area (Å²) in [7, 11) is 1.86. The molecule has 2 aliphatic heterocycles. The molecule has 3 rings (SSSR count). The maximum absolute atomic E-state index is 12.5. The van der Waals surface area contributed by atoms with E-state index in [1.165, 1.54) is 0 Å². The zero-order chi connectivity index (χ0) is 12.7. The van der Waals surface area contributed by atoms with Crippen molar-refractivity contribution in [3.8, 4) is 0 Å². The van der Waals surface area contributed by atoms with Gasteiger partial charge in [-0.25, -0.2) is 4.99 Å². The number of aryl methyl sites for hydroxylation is 1. The lowest BCUT2D eigenvalue weighted by atomic mass is 10.1. The van der Waals surface area contributed by atoms with Crippen LogP contribution in [-0.2, 0) is 7.05 Å². The standard InChI is InChI=1S/C12H15N5O/c1-16-6-3-5-9(16)11(18)17-7-2-4-8-10(17)15-12(13)14-8/h2-6,8,10H,7H2,1H3,(H3,13,14,15). The van der Waals surface area contributed by atoms with Crippen LogP contribution in [0.15, 0.2) is 35.5 Å². The maximum atomic E-state index is 12.5. The Balaban J connectivity index is 1.88. The molecule has 0 spiro atoms. The quantitative estimate of drug-likeness (QED) is 0.664. The van der Waals surface area contributed by atoms with Gasteiger partial charge in [-0.3, -0.25) is 4.79 Å². The fraction of sp³-hybridized carbons (Fsp3) is 0.333. The molecule has 1 amide bonds. The van der Waals surface area contributed by atoms with Crippen LogP contribution in [0.5, 0.6) is 0 Å². The van der Waals surface area contributed by atoms with Crippen LogP contribution in [0, 0.1) is 0 Å². The van der Waals surface area contributed by atoms with Crippen molar-refractivity contribution >= 4 is 11.9 Å². The Morgan fingerprint density at radius 2 is 2.44 bits per heavy atom. The number of nitrogens with one attached hydrogen (secondary N) is 1. The van der Waals surface area contributed by atoms with Gasteiger partial charge < -0.3 is 20.5 Å². The van der Waals surface area contributed by atoms with Gasteiger partial charge in [-0.05, 0) is 12.1 Å².